The number of sulfonamides is 1. The SMILES string of the molecule is CC(C(=O)N1Cc2ccc(S(=O)(=O)Nc3ccncn3)cc2C1)n1ccc2c(F)cccc21. The fourth-order valence-electron chi connectivity index (χ4n) is 4.11. The molecule has 1 N–H and O–H groups in total. The highest BCUT2D eigenvalue weighted by molar-refractivity contribution is 7.92. The Morgan fingerprint density at radius 1 is 1.12 bits per heavy atom. The van der Waals surface area contributed by atoms with Gasteiger partial charge in [-0.15, -0.1) is 0 Å². The molecule has 33 heavy (non-hydrogen) atoms. The first-order chi connectivity index (χ1) is 15.8. The maximum absolute atomic E-state index is 14.0. The summed E-state index contributed by atoms with van der Waals surface area (Å²) in [6, 6.07) is 12.2. The normalized spacial score (nSPS) is 14.3. The number of fused-ring (bicyclic) bond motifs is 2. The monoisotopic (exact) mass is 465 g/mol. The van der Waals surface area contributed by atoms with Crippen LogP contribution in [0.1, 0.15) is 24.1 Å². The summed E-state index contributed by atoms with van der Waals surface area (Å²) in [6.45, 7) is 2.45. The van der Waals surface area contributed by atoms with Crippen molar-refractivity contribution in [3.05, 3.63) is 84.2 Å². The topological polar surface area (TPSA) is 97.2 Å². The summed E-state index contributed by atoms with van der Waals surface area (Å²) in [6.07, 6.45) is 4.41. The van der Waals surface area contributed by atoms with Gasteiger partial charge in [0.15, 0.2) is 0 Å². The average Bonchev–Trinajstić information content (AvgIpc) is 3.43. The van der Waals surface area contributed by atoms with Crippen molar-refractivity contribution in [3.8, 4) is 0 Å². The standard InChI is InChI=1S/C23H20FN5O3S/c1-15(29-10-8-19-20(24)3-2-4-21(19)29)23(30)28-12-16-5-6-18(11-17(16)13-28)33(31,32)27-22-7-9-25-14-26-22/h2-11,14-15H,12-13H2,1H3,(H,25,26,27). The van der Waals surface area contributed by atoms with Crippen LogP contribution < -0.4 is 4.72 Å². The van der Waals surface area contributed by atoms with E-state index in [9.17, 15) is 17.6 Å². The highest BCUT2D eigenvalue weighted by Crippen LogP contribution is 2.30. The molecule has 0 fully saturated rings. The third-order valence-electron chi connectivity index (χ3n) is 5.83. The number of rotatable bonds is 5. The van der Waals surface area contributed by atoms with Crippen LogP contribution in [0.2, 0.25) is 0 Å². The van der Waals surface area contributed by atoms with Crippen molar-refractivity contribution >= 4 is 32.7 Å². The van der Waals surface area contributed by atoms with E-state index in [1.807, 2.05) is 0 Å². The first kappa shape index (κ1) is 21.1. The third kappa shape index (κ3) is 3.82. The van der Waals surface area contributed by atoms with Crippen LogP contribution in [0, 0.1) is 5.82 Å². The van der Waals surface area contributed by atoms with Gasteiger partial charge >= 0.3 is 0 Å². The Bertz CT molecular complexity index is 1470. The second kappa shape index (κ2) is 7.96. The van der Waals surface area contributed by atoms with Gasteiger partial charge in [0, 0.05) is 30.9 Å². The number of benzene rings is 2. The Labute approximate surface area is 189 Å². The molecule has 0 saturated heterocycles. The van der Waals surface area contributed by atoms with Crippen molar-refractivity contribution in [2.45, 2.75) is 31.0 Å². The van der Waals surface area contributed by atoms with Crippen LogP contribution in [-0.4, -0.2) is 33.8 Å². The highest BCUT2D eigenvalue weighted by Gasteiger charge is 2.29. The molecule has 1 amide bonds. The summed E-state index contributed by atoms with van der Waals surface area (Å²) in [5.74, 6) is -0.285. The molecule has 1 aliphatic heterocycles. The summed E-state index contributed by atoms with van der Waals surface area (Å²) >= 11 is 0. The van der Waals surface area contributed by atoms with Crippen LogP contribution in [-0.2, 0) is 27.9 Å². The van der Waals surface area contributed by atoms with Gasteiger partial charge in [0.25, 0.3) is 10.0 Å². The van der Waals surface area contributed by atoms with Crippen molar-refractivity contribution in [1.82, 2.24) is 19.4 Å². The zero-order chi connectivity index (χ0) is 23.2. The predicted molar refractivity (Wildman–Crippen MR) is 120 cm³/mol. The van der Waals surface area contributed by atoms with Crippen LogP contribution in [0.25, 0.3) is 10.9 Å². The molecule has 168 valence electrons. The van der Waals surface area contributed by atoms with Crippen LogP contribution in [0.3, 0.4) is 0 Å². The molecule has 10 heteroatoms. The number of aromatic nitrogens is 3. The molecule has 0 spiro atoms. The Morgan fingerprint density at radius 2 is 1.94 bits per heavy atom. The number of hydrogen-bond donors (Lipinski definition) is 1. The lowest BCUT2D eigenvalue weighted by Gasteiger charge is -2.22. The molecule has 0 radical (unpaired) electrons. The van der Waals surface area contributed by atoms with E-state index in [1.165, 1.54) is 30.7 Å². The van der Waals surface area contributed by atoms with E-state index in [0.717, 1.165) is 11.1 Å². The molecule has 2 aromatic heterocycles. The van der Waals surface area contributed by atoms with Gasteiger partial charge in [-0.25, -0.2) is 22.8 Å². The molecule has 1 unspecified atom stereocenters. The van der Waals surface area contributed by atoms with E-state index >= 15 is 0 Å². The molecule has 8 nitrogen and oxygen atoms in total. The van der Waals surface area contributed by atoms with Crippen molar-refractivity contribution in [2.75, 3.05) is 4.72 Å². The third-order valence-corrected chi connectivity index (χ3v) is 7.18. The molecular weight excluding hydrogens is 445 g/mol. The molecule has 5 rings (SSSR count). The molecule has 1 aliphatic rings. The number of carbonyl (C=O) groups excluding carboxylic acids is 1. The molecule has 1 atom stereocenters. The fraction of sp³-hybridized carbons (Fsp3) is 0.174. The van der Waals surface area contributed by atoms with E-state index in [1.54, 1.807) is 52.9 Å². The van der Waals surface area contributed by atoms with Crippen LogP contribution in [0.5, 0.6) is 0 Å². The summed E-state index contributed by atoms with van der Waals surface area (Å²) < 4.78 is 43.7. The number of hydrogen-bond acceptors (Lipinski definition) is 5. The maximum atomic E-state index is 14.0. The van der Waals surface area contributed by atoms with Crippen LogP contribution in [0.4, 0.5) is 10.2 Å². The van der Waals surface area contributed by atoms with Crippen molar-refractivity contribution in [2.24, 2.45) is 0 Å². The lowest BCUT2D eigenvalue weighted by molar-refractivity contribution is -0.134. The maximum Gasteiger partial charge on any atom is 0.263 e. The average molecular weight is 466 g/mol. The lowest BCUT2D eigenvalue weighted by Crippen LogP contribution is -2.32. The Morgan fingerprint density at radius 3 is 2.73 bits per heavy atom. The quantitative estimate of drug-likeness (QED) is 0.487. The smallest absolute Gasteiger partial charge is 0.263 e. The zero-order valence-electron chi connectivity index (χ0n) is 17.6. The number of nitrogens with one attached hydrogen (secondary N) is 1. The van der Waals surface area contributed by atoms with Crippen molar-refractivity contribution in [1.29, 1.82) is 0 Å². The van der Waals surface area contributed by atoms with E-state index in [4.69, 9.17) is 0 Å². The molecule has 0 bridgehead atoms. The largest absolute Gasteiger partial charge is 0.335 e. The molecule has 0 aliphatic carbocycles. The van der Waals surface area contributed by atoms with Crippen molar-refractivity contribution < 1.29 is 17.6 Å². The minimum absolute atomic E-state index is 0.0917. The Kier molecular flexibility index (Phi) is 5.09. The van der Waals surface area contributed by atoms with E-state index in [-0.39, 0.29) is 22.4 Å². The summed E-state index contributed by atoms with van der Waals surface area (Å²) in [4.78, 5) is 22.7. The van der Waals surface area contributed by atoms with Gasteiger partial charge in [-0.05, 0) is 54.4 Å². The lowest BCUT2D eigenvalue weighted by atomic mass is 10.1. The van der Waals surface area contributed by atoms with Crippen molar-refractivity contribution in [3.63, 3.8) is 0 Å². The van der Waals surface area contributed by atoms with E-state index in [0.29, 0.717) is 24.0 Å². The zero-order valence-corrected chi connectivity index (χ0v) is 18.5. The van der Waals surface area contributed by atoms with Crippen LogP contribution >= 0.6 is 0 Å². The Hall–Kier alpha value is -3.79. The van der Waals surface area contributed by atoms with Gasteiger partial charge in [0.1, 0.15) is 24.0 Å². The highest BCUT2D eigenvalue weighted by atomic mass is 32.2. The number of carbonyl (C=O) groups is 1. The van der Waals surface area contributed by atoms with Gasteiger partial charge in [-0.2, -0.15) is 0 Å². The summed E-state index contributed by atoms with van der Waals surface area (Å²) in [5, 5.41) is 0.466. The molecule has 3 heterocycles. The van der Waals surface area contributed by atoms with Crippen LogP contribution in [0.15, 0.2) is 72.1 Å². The minimum Gasteiger partial charge on any atom is -0.335 e. The Balaban J connectivity index is 1.36. The number of nitrogens with zero attached hydrogens (tertiary/aromatic N) is 4. The second-order valence-electron chi connectivity index (χ2n) is 7.90. The van der Waals surface area contributed by atoms with Gasteiger partial charge in [0.2, 0.25) is 5.91 Å². The van der Waals surface area contributed by atoms with Gasteiger partial charge in [-0.3, -0.25) is 9.52 Å². The molecule has 2 aromatic carbocycles. The first-order valence-electron chi connectivity index (χ1n) is 10.3. The summed E-state index contributed by atoms with van der Waals surface area (Å²) in [5.41, 5.74) is 2.31. The number of halogens is 1. The molecule has 4 aromatic rings. The van der Waals surface area contributed by atoms with Gasteiger partial charge in [0.05, 0.1) is 10.4 Å². The van der Waals surface area contributed by atoms with Gasteiger partial charge in [-0.1, -0.05) is 12.1 Å². The minimum atomic E-state index is -3.84. The predicted octanol–water partition coefficient (Wildman–Crippen LogP) is 3.47. The first-order valence-corrected chi connectivity index (χ1v) is 11.8. The number of amides is 1. The second-order valence-corrected chi connectivity index (χ2v) is 9.58. The fourth-order valence-corrected chi connectivity index (χ4v) is 5.17. The molecule has 0 saturated carbocycles. The number of anilines is 1. The molecular formula is C23H20FN5O3S. The van der Waals surface area contributed by atoms with E-state index < -0.39 is 16.1 Å². The summed E-state index contributed by atoms with van der Waals surface area (Å²) in [7, 11) is -3.84. The van der Waals surface area contributed by atoms with E-state index in [2.05, 4.69) is 14.7 Å². The van der Waals surface area contributed by atoms with Gasteiger partial charge < -0.3 is 9.47 Å².